The Morgan fingerprint density at radius 3 is 2.37 bits per heavy atom. The van der Waals surface area contributed by atoms with E-state index in [1.165, 1.54) is 41.2 Å². The number of non-ortho nitro benzene ring substituents is 1. The van der Waals surface area contributed by atoms with Gasteiger partial charge < -0.3 is 4.90 Å². The quantitative estimate of drug-likeness (QED) is 0.364. The van der Waals surface area contributed by atoms with Gasteiger partial charge in [0.2, 0.25) is 0 Å². The number of hydrogen-bond acceptors (Lipinski definition) is 6. The SMILES string of the molecule is CCc1ccc2nc(N(CCN(CC)CC)C(=O)c3ccc([N+](=O)[O-])cc3)sc2c1. The van der Waals surface area contributed by atoms with E-state index < -0.39 is 4.92 Å². The molecule has 0 aliphatic heterocycles. The van der Waals surface area contributed by atoms with E-state index in [0.29, 0.717) is 17.2 Å². The van der Waals surface area contributed by atoms with Crippen LogP contribution in [-0.4, -0.2) is 46.9 Å². The molecule has 0 aliphatic carbocycles. The summed E-state index contributed by atoms with van der Waals surface area (Å²) in [7, 11) is 0. The van der Waals surface area contributed by atoms with Crippen LogP contribution in [0, 0.1) is 10.1 Å². The smallest absolute Gasteiger partial charge is 0.269 e. The second-order valence-electron chi connectivity index (χ2n) is 6.94. The molecule has 3 rings (SSSR count). The van der Waals surface area contributed by atoms with Crippen LogP contribution in [0.5, 0.6) is 0 Å². The molecule has 2 aromatic carbocycles. The van der Waals surface area contributed by atoms with Gasteiger partial charge in [-0.25, -0.2) is 4.98 Å². The lowest BCUT2D eigenvalue weighted by atomic mass is 10.2. The lowest BCUT2D eigenvalue weighted by molar-refractivity contribution is -0.384. The highest BCUT2D eigenvalue weighted by Crippen LogP contribution is 2.31. The highest BCUT2D eigenvalue weighted by Gasteiger charge is 2.22. The molecule has 0 spiro atoms. The van der Waals surface area contributed by atoms with Gasteiger partial charge in [0.1, 0.15) is 0 Å². The van der Waals surface area contributed by atoms with Crippen LogP contribution in [0.2, 0.25) is 0 Å². The number of carbonyl (C=O) groups is 1. The Morgan fingerprint density at radius 1 is 1.07 bits per heavy atom. The van der Waals surface area contributed by atoms with Crippen molar-refractivity contribution in [1.82, 2.24) is 9.88 Å². The molecule has 7 nitrogen and oxygen atoms in total. The number of anilines is 1. The molecule has 1 heterocycles. The topological polar surface area (TPSA) is 79.6 Å². The van der Waals surface area contributed by atoms with E-state index in [9.17, 15) is 14.9 Å². The fraction of sp³-hybridized carbons (Fsp3) is 0.364. The number of hydrogen-bond donors (Lipinski definition) is 0. The van der Waals surface area contributed by atoms with Crippen LogP contribution in [0.4, 0.5) is 10.8 Å². The molecule has 0 bridgehead atoms. The van der Waals surface area contributed by atoms with E-state index in [1.807, 2.05) is 6.07 Å². The molecule has 8 heteroatoms. The molecule has 0 saturated heterocycles. The molecule has 158 valence electrons. The Kier molecular flexibility index (Phi) is 7.12. The van der Waals surface area contributed by atoms with Gasteiger partial charge in [0.25, 0.3) is 11.6 Å². The van der Waals surface area contributed by atoms with Gasteiger partial charge in [-0.3, -0.25) is 19.8 Å². The Bertz CT molecular complexity index is 1030. The van der Waals surface area contributed by atoms with Gasteiger partial charge in [0.05, 0.1) is 15.1 Å². The van der Waals surface area contributed by atoms with Gasteiger partial charge >= 0.3 is 0 Å². The van der Waals surface area contributed by atoms with Crippen LogP contribution >= 0.6 is 11.3 Å². The van der Waals surface area contributed by atoms with E-state index in [1.54, 1.807) is 4.90 Å². The van der Waals surface area contributed by atoms with Crippen LogP contribution in [-0.2, 0) is 6.42 Å². The molecule has 0 saturated carbocycles. The molecule has 0 N–H and O–H groups in total. The molecule has 0 unspecified atom stereocenters. The first kappa shape index (κ1) is 21.9. The number of rotatable bonds is 9. The summed E-state index contributed by atoms with van der Waals surface area (Å²) in [4.78, 5) is 32.4. The van der Waals surface area contributed by atoms with Crippen LogP contribution in [0.3, 0.4) is 0 Å². The molecule has 0 atom stereocenters. The number of thiazole rings is 1. The van der Waals surface area contributed by atoms with Crippen molar-refractivity contribution in [2.45, 2.75) is 27.2 Å². The zero-order valence-corrected chi connectivity index (χ0v) is 18.3. The van der Waals surface area contributed by atoms with Crippen molar-refractivity contribution >= 4 is 38.3 Å². The third kappa shape index (κ3) is 4.83. The number of aryl methyl sites for hydroxylation is 1. The van der Waals surface area contributed by atoms with E-state index in [2.05, 4.69) is 37.8 Å². The summed E-state index contributed by atoms with van der Waals surface area (Å²) in [5, 5.41) is 11.6. The predicted molar refractivity (Wildman–Crippen MR) is 122 cm³/mol. The monoisotopic (exact) mass is 426 g/mol. The molecule has 1 amide bonds. The number of benzene rings is 2. The number of aromatic nitrogens is 1. The van der Waals surface area contributed by atoms with Crippen LogP contribution < -0.4 is 4.90 Å². The molecule has 0 aliphatic rings. The average molecular weight is 427 g/mol. The largest absolute Gasteiger partial charge is 0.302 e. The van der Waals surface area contributed by atoms with E-state index in [0.717, 1.165) is 36.3 Å². The van der Waals surface area contributed by atoms with E-state index >= 15 is 0 Å². The first-order valence-electron chi connectivity index (χ1n) is 10.1. The average Bonchev–Trinajstić information content (AvgIpc) is 3.19. The van der Waals surface area contributed by atoms with E-state index in [-0.39, 0.29) is 11.6 Å². The third-order valence-corrected chi connectivity index (χ3v) is 6.23. The summed E-state index contributed by atoms with van der Waals surface area (Å²) in [5.41, 5.74) is 2.48. The zero-order valence-electron chi connectivity index (χ0n) is 17.5. The van der Waals surface area contributed by atoms with E-state index in [4.69, 9.17) is 4.98 Å². The van der Waals surface area contributed by atoms with Gasteiger partial charge in [-0.1, -0.05) is 38.2 Å². The number of fused-ring (bicyclic) bond motifs is 1. The van der Waals surface area contributed by atoms with Crippen molar-refractivity contribution in [3.05, 3.63) is 63.7 Å². The second kappa shape index (κ2) is 9.77. The van der Waals surface area contributed by atoms with Crippen molar-refractivity contribution in [2.24, 2.45) is 0 Å². The number of nitro benzene ring substituents is 1. The Morgan fingerprint density at radius 2 is 1.77 bits per heavy atom. The summed E-state index contributed by atoms with van der Waals surface area (Å²) < 4.78 is 1.05. The molecule has 0 radical (unpaired) electrons. The van der Waals surface area contributed by atoms with Crippen molar-refractivity contribution in [1.29, 1.82) is 0 Å². The normalized spacial score (nSPS) is 11.2. The fourth-order valence-corrected chi connectivity index (χ4v) is 4.29. The highest BCUT2D eigenvalue weighted by atomic mass is 32.1. The highest BCUT2D eigenvalue weighted by molar-refractivity contribution is 7.22. The Labute approximate surface area is 180 Å². The first-order valence-corrected chi connectivity index (χ1v) is 11.0. The number of nitrogens with zero attached hydrogens (tertiary/aromatic N) is 4. The number of amides is 1. The number of carbonyl (C=O) groups excluding carboxylic acids is 1. The maximum absolute atomic E-state index is 13.3. The summed E-state index contributed by atoms with van der Waals surface area (Å²) in [6.45, 7) is 9.31. The maximum atomic E-state index is 13.3. The molecule has 3 aromatic rings. The summed E-state index contributed by atoms with van der Waals surface area (Å²) >= 11 is 1.50. The molecule has 0 fully saturated rings. The molecular formula is C22H26N4O3S. The van der Waals surface area contributed by atoms with Gasteiger partial charge in [-0.2, -0.15) is 0 Å². The standard InChI is InChI=1S/C22H26N4O3S/c1-4-16-7-12-19-20(15-16)30-22(23-19)25(14-13-24(5-2)6-3)21(27)17-8-10-18(11-9-17)26(28)29/h7-12,15H,4-6,13-14H2,1-3H3. The van der Waals surface area contributed by atoms with Gasteiger partial charge in [-0.05, 0) is 49.3 Å². The maximum Gasteiger partial charge on any atom is 0.269 e. The lowest BCUT2D eigenvalue weighted by Crippen LogP contribution is -2.38. The van der Waals surface area contributed by atoms with Gasteiger partial charge in [-0.15, -0.1) is 0 Å². The van der Waals surface area contributed by atoms with Crippen molar-refractivity contribution in [3.8, 4) is 0 Å². The van der Waals surface area contributed by atoms with Crippen molar-refractivity contribution < 1.29 is 9.72 Å². The van der Waals surface area contributed by atoms with Crippen molar-refractivity contribution in [2.75, 3.05) is 31.1 Å². The second-order valence-corrected chi connectivity index (χ2v) is 7.95. The minimum absolute atomic E-state index is 0.0340. The minimum atomic E-state index is -0.467. The van der Waals surface area contributed by atoms with Crippen LogP contribution in [0.25, 0.3) is 10.2 Å². The fourth-order valence-electron chi connectivity index (χ4n) is 3.24. The zero-order chi connectivity index (χ0) is 21.7. The van der Waals surface area contributed by atoms with Gasteiger partial charge in [0.15, 0.2) is 5.13 Å². The summed E-state index contributed by atoms with van der Waals surface area (Å²) in [6.07, 6.45) is 0.941. The van der Waals surface area contributed by atoms with Crippen molar-refractivity contribution in [3.63, 3.8) is 0 Å². The third-order valence-electron chi connectivity index (χ3n) is 5.19. The Hall–Kier alpha value is -2.84. The van der Waals surface area contributed by atoms with Crippen LogP contribution in [0.15, 0.2) is 42.5 Å². The predicted octanol–water partition coefficient (Wildman–Crippen LogP) is 4.76. The van der Waals surface area contributed by atoms with Gasteiger partial charge in [0, 0.05) is 30.8 Å². The summed E-state index contributed by atoms with van der Waals surface area (Å²) in [5.74, 6) is -0.202. The first-order chi connectivity index (χ1) is 14.5. The molecule has 30 heavy (non-hydrogen) atoms. The summed E-state index contributed by atoms with van der Waals surface area (Å²) in [6, 6.07) is 11.9. The lowest BCUT2D eigenvalue weighted by Gasteiger charge is -2.24. The Balaban J connectivity index is 1.95. The number of likely N-dealkylation sites (N-methyl/N-ethyl adjacent to an activating group) is 1. The molecule has 1 aromatic heterocycles. The number of nitro groups is 1. The van der Waals surface area contributed by atoms with Crippen LogP contribution in [0.1, 0.15) is 36.7 Å². The minimum Gasteiger partial charge on any atom is -0.302 e. The molecular weight excluding hydrogens is 400 g/mol.